The smallest absolute Gasteiger partial charge is 0.416 e. The quantitative estimate of drug-likeness (QED) is 0.751. The number of halogens is 3. The van der Waals surface area contributed by atoms with Crippen LogP contribution in [0.3, 0.4) is 0 Å². The van der Waals surface area contributed by atoms with Crippen molar-refractivity contribution in [2.45, 2.75) is 50.2 Å². The Morgan fingerprint density at radius 3 is 2.13 bits per heavy atom. The molecular formula is C21H25F3N2O4. The van der Waals surface area contributed by atoms with E-state index in [2.05, 4.69) is 5.32 Å². The summed E-state index contributed by atoms with van der Waals surface area (Å²) in [6.07, 6.45) is -0.808. The van der Waals surface area contributed by atoms with Crippen molar-refractivity contribution in [2.75, 3.05) is 20.2 Å². The van der Waals surface area contributed by atoms with Gasteiger partial charge in [0.15, 0.2) is 0 Å². The lowest BCUT2D eigenvalue weighted by atomic mass is 9.91. The third-order valence-electron chi connectivity index (χ3n) is 6.01. The lowest BCUT2D eigenvalue weighted by molar-refractivity contribution is -0.151. The number of carbonyl (C=O) groups is 3. The Labute approximate surface area is 172 Å². The van der Waals surface area contributed by atoms with Gasteiger partial charge < -0.3 is 15.0 Å². The lowest BCUT2D eigenvalue weighted by Crippen LogP contribution is -2.55. The van der Waals surface area contributed by atoms with Crippen LogP contribution >= 0.6 is 0 Å². The minimum Gasteiger partial charge on any atom is -0.467 e. The second-order valence-electron chi connectivity index (χ2n) is 7.91. The molecule has 0 aromatic heterocycles. The van der Waals surface area contributed by atoms with E-state index in [0.717, 1.165) is 25.0 Å². The standard InChI is InChI=1S/C21H25F3N2O4/c1-30-19(29)20(10-2-3-11-20)25-17(27)14-8-12-26(13-9-14)18(28)15-4-6-16(7-5-15)21(22,23)24/h4-7,14H,2-3,8-13H2,1H3,(H,25,27). The van der Waals surface area contributed by atoms with Gasteiger partial charge in [0.25, 0.3) is 5.91 Å². The van der Waals surface area contributed by atoms with Gasteiger partial charge in [-0.3, -0.25) is 9.59 Å². The molecule has 1 aromatic carbocycles. The van der Waals surface area contributed by atoms with Crippen LogP contribution in [-0.4, -0.2) is 48.4 Å². The molecule has 0 bridgehead atoms. The molecule has 0 unspecified atom stereocenters. The monoisotopic (exact) mass is 426 g/mol. The molecule has 2 amide bonds. The molecule has 164 valence electrons. The van der Waals surface area contributed by atoms with Crippen molar-refractivity contribution in [3.8, 4) is 0 Å². The number of benzene rings is 1. The lowest BCUT2D eigenvalue weighted by Gasteiger charge is -2.34. The van der Waals surface area contributed by atoms with Crippen molar-refractivity contribution in [2.24, 2.45) is 5.92 Å². The van der Waals surface area contributed by atoms with Crippen LogP contribution in [0.25, 0.3) is 0 Å². The van der Waals surface area contributed by atoms with Gasteiger partial charge in [0.1, 0.15) is 5.54 Å². The fourth-order valence-corrected chi connectivity index (χ4v) is 4.22. The second kappa shape index (κ2) is 8.65. The van der Waals surface area contributed by atoms with Gasteiger partial charge in [0.05, 0.1) is 12.7 Å². The summed E-state index contributed by atoms with van der Waals surface area (Å²) in [4.78, 5) is 39.0. The first-order valence-corrected chi connectivity index (χ1v) is 10.0. The zero-order valence-corrected chi connectivity index (χ0v) is 16.8. The molecule has 1 aliphatic heterocycles. The zero-order chi connectivity index (χ0) is 21.9. The maximum Gasteiger partial charge on any atom is 0.416 e. The molecule has 0 atom stereocenters. The number of hydrogen-bond donors (Lipinski definition) is 1. The Balaban J connectivity index is 1.57. The summed E-state index contributed by atoms with van der Waals surface area (Å²) in [6, 6.07) is 4.12. The first-order valence-electron chi connectivity index (χ1n) is 10.0. The molecule has 0 radical (unpaired) electrons. The molecule has 1 aromatic rings. The van der Waals surface area contributed by atoms with Crippen LogP contribution in [0.2, 0.25) is 0 Å². The molecule has 9 heteroatoms. The Morgan fingerprint density at radius 1 is 1.07 bits per heavy atom. The number of likely N-dealkylation sites (tertiary alicyclic amines) is 1. The van der Waals surface area contributed by atoms with E-state index in [1.54, 1.807) is 0 Å². The second-order valence-corrected chi connectivity index (χ2v) is 7.91. The topological polar surface area (TPSA) is 75.7 Å². The van der Waals surface area contributed by atoms with Gasteiger partial charge in [-0.2, -0.15) is 13.2 Å². The number of piperidine rings is 1. The summed E-state index contributed by atoms with van der Waals surface area (Å²) in [7, 11) is 1.31. The number of alkyl halides is 3. The summed E-state index contributed by atoms with van der Waals surface area (Å²) < 4.78 is 42.9. The molecule has 30 heavy (non-hydrogen) atoms. The van der Waals surface area contributed by atoms with Gasteiger partial charge in [-0.25, -0.2) is 4.79 Å². The van der Waals surface area contributed by atoms with Crippen molar-refractivity contribution in [1.29, 1.82) is 0 Å². The van der Waals surface area contributed by atoms with E-state index in [1.807, 2.05) is 0 Å². The number of methoxy groups -OCH3 is 1. The Kier molecular flexibility index (Phi) is 6.38. The van der Waals surface area contributed by atoms with E-state index < -0.39 is 23.2 Å². The van der Waals surface area contributed by atoms with E-state index >= 15 is 0 Å². The highest BCUT2D eigenvalue weighted by atomic mass is 19.4. The van der Waals surface area contributed by atoms with Crippen LogP contribution in [0.1, 0.15) is 54.4 Å². The molecule has 1 N–H and O–H groups in total. The van der Waals surface area contributed by atoms with E-state index in [1.165, 1.54) is 24.1 Å². The van der Waals surface area contributed by atoms with Gasteiger partial charge >= 0.3 is 12.1 Å². The molecule has 6 nitrogen and oxygen atoms in total. The normalized spacial score (nSPS) is 19.4. The molecule has 1 saturated carbocycles. The highest BCUT2D eigenvalue weighted by Gasteiger charge is 2.44. The van der Waals surface area contributed by atoms with Crippen molar-refractivity contribution in [3.05, 3.63) is 35.4 Å². The molecule has 1 saturated heterocycles. The minimum atomic E-state index is -4.45. The zero-order valence-electron chi connectivity index (χ0n) is 16.8. The maximum absolute atomic E-state index is 12.7. The largest absolute Gasteiger partial charge is 0.467 e. The number of nitrogens with zero attached hydrogens (tertiary/aromatic N) is 1. The van der Waals surface area contributed by atoms with Gasteiger partial charge in [-0.05, 0) is 49.9 Å². The number of esters is 1. The van der Waals surface area contributed by atoms with Crippen molar-refractivity contribution >= 4 is 17.8 Å². The number of nitrogens with one attached hydrogen (secondary N) is 1. The number of rotatable bonds is 4. The molecule has 2 aliphatic rings. The molecule has 2 fully saturated rings. The number of ether oxygens (including phenoxy) is 1. The number of amides is 2. The third kappa shape index (κ3) is 4.60. The molecule has 1 heterocycles. The average Bonchev–Trinajstić information content (AvgIpc) is 3.21. The molecule has 3 rings (SSSR count). The van der Waals surface area contributed by atoms with Crippen LogP contribution in [0, 0.1) is 5.92 Å². The van der Waals surface area contributed by atoms with Gasteiger partial charge in [0.2, 0.25) is 5.91 Å². The molecule has 0 spiro atoms. The Morgan fingerprint density at radius 2 is 1.63 bits per heavy atom. The Hall–Kier alpha value is -2.58. The van der Waals surface area contributed by atoms with Crippen LogP contribution in [0.15, 0.2) is 24.3 Å². The number of carbonyl (C=O) groups excluding carboxylic acids is 3. The van der Waals surface area contributed by atoms with Crippen LogP contribution in [0.4, 0.5) is 13.2 Å². The summed E-state index contributed by atoms with van der Waals surface area (Å²) in [5.41, 5.74) is -1.58. The fourth-order valence-electron chi connectivity index (χ4n) is 4.22. The molecular weight excluding hydrogens is 401 g/mol. The van der Waals surface area contributed by atoms with Gasteiger partial charge in [-0.15, -0.1) is 0 Å². The first-order chi connectivity index (χ1) is 14.2. The van der Waals surface area contributed by atoms with Crippen LogP contribution < -0.4 is 5.32 Å². The van der Waals surface area contributed by atoms with E-state index in [9.17, 15) is 27.6 Å². The fraction of sp³-hybridized carbons (Fsp3) is 0.571. The predicted molar refractivity (Wildman–Crippen MR) is 101 cm³/mol. The third-order valence-corrected chi connectivity index (χ3v) is 6.01. The maximum atomic E-state index is 12.7. The van der Waals surface area contributed by atoms with Gasteiger partial charge in [0, 0.05) is 24.6 Å². The average molecular weight is 426 g/mol. The first kappa shape index (κ1) is 22.1. The number of hydrogen-bond acceptors (Lipinski definition) is 4. The van der Waals surface area contributed by atoms with E-state index in [0.29, 0.717) is 38.8 Å². The van der Waals surface area contributed by atoms with Crippen molar-refractivity contribution in [3.63, 3.8) is 0 Å². The minimum absolute atomic E-state index is 0.182. The molecule has 1 aliphatic carbocycles. The van der Waals surface area contributed by atoms with Crippen LogP contribution in [-0.2, 0) is 20.5 Å². The summed E-state index contributed by atoms with van der Waals surface area (Å²) in [5, 5.41) is 2.89. The Bertz CT molecular complexity index is 793. The van der Waals surface area contributed by atoms with Crippen LogP contribution in [0.5, 0.6) is 0 Å². The summed E-state index contributed by atoms with van der Waals surface area (Å²) in [5.74, 6) is -1.33. The highest BCUT2D eigenvalue weighted by molar-refractivity contribution is 5.94. The van der Waals surface area contributed by atoms with Crippen molar-refractivity contribution in [1.82, 2.24) is 10.2 Å². The summed E-state index contributed by atoms with van der Waals surface area (Å²) >= 11 is 0. The SMILES string of the molecule is COC(=O)C1(NC(=O)C2CCN(C(=O)c3ccc(C(F)(F)F)cc3)CC2)CCCC1. The highest BCUT2D eigenvalue weighted by Crippen LogP contribution is 2.32. The van der Waals surface area contributed by atoms with Gasteiger partial charge in [-0.1, -0.05) is 12.8 Å². The van der Waals surface area contributed by atoms with Crippen molar-refractivity contribution < 1.29 is 32.3 Å². The van der Waals surface area contributed by atoms with E-state index in [4.69, 9.17) is 4.74 Å². The predicted octanol–water partition coefficient (Wildman–Crippen LogP) is 3.16. The summed E-state index contributed by atoms with van der Waals surface area (Å²) in [6.45, 7) is 0.645. The van der Waals surface area contributed by atoms with E-state index in [-0.39, 0.29) is 23.3 Å².